The summed E-state index contributed by atoms with van der Waals surface area (Å²) < 4.78 is 5.68. The summed E-state index contributed by atoms with van der Waals surface area (Å²) >= 11 is 0. The third kappa shape index (κ3) is 4.64. The smallest absolute Gasteiger partial charge is 0.357 e. The summed E-state index contributed by atoms with van der Waals surface area (Å²) in [5.41, 5.74) is -0.856. The molecule has 1 heterocycles. The maximum absolute atomic E-state index is 11.6. The van der Waals surface area contributed by atoms with Crippen LogP contribution in [0.3, 0.4) is 0 Å². The van der Waals surface area contributed by atoms with E-state index in [1.807, 2.05) is 17.1 Å². The number of nitro groups is 1. The van der Waals surface area contributed by atoms with Crippen molar-refractivity contribution in [3.8, 4) is 11.8 Å². The normalized spacial score (nSPS) is 10.6. The van der Waals surface area contributed by atoms with Crippen LogP contribution in [-0.2, 0) is 6.61 Å². The van der Waals surface area contributed by atoms with Gasteiger partial charge in [0.2, 0.25) is 0 Å². The predicted molar refractivity (Wildman–Crippen MR) is 105 cm³/mol. The van der Waals surface area contributed by atoms with Gasteiger partial charge < -0.3 is 9.72 Å². The molecule has 2 N–H and O–H groups in total. The van der Waals surface area contributed by atoms with Crippen LogP contribution >= 0.6 is 0 Å². The Morgan fingerprint density at radius 3 is 2.48 bits per heavy atom. The zero-order chi connectivity index (χ0) is 20.8. The molecule has 0 saturated heterocycles. The second-order valence-electron chi connectivity index (χ2n) is 5.89. The fourth-order valence-corrected chi connectivity index (χ4v) is 2.57. The van der Waals surface area contributed by atoms with Gasteiger partial charge in [-0.1, -0.05) is 36.4 Å². The minimum atomic E-state index is -1.07. The molecule has 9 nitrogen and oxygen atoms in total. The number of H-pyrrole nitrogens is 2. The zero-order valence-corrected chi connectivity index (χ0v) is 14.9. The summed E-state index contributed by atoms with van der Waals surface area (Å²) in [6.45, 7) is 0.235. The molecule has 0 atom stereocenters. The molecule has 0 radical (unpaired) electrons. The van der Waals surface area contributed by atoms with E-state index < -0.39 is 21.9 Å². The number of nitrogens with one attached hydrogen (secondary N) is 2. The first-order valence-electron chi connectivity index (χ1n) is 8.38. The van der Waals surface area contributed by atoms with Crippen LogP contribution < -0.4 is 16.0 Å². The van der Waals surface area contributed by atoms with E-state index in [1.165, 1.54) is 12.2 Å². The topological polar surface area (TPSA) is 142 Å². The molecule has 0 unspecified atom stereocenters. The molecule has 1 aromatic heterocycles. The van der Waals surface area contributed by atoms with E-state index >= 15 is 0 Å². The van der Waals surface area contributed by atoms with Crippen LogP contribution in [0.4, 0.5) is 5.69 Å². The predicted octanol–water partition coefficient (Wildman–Crippen LogP) is 2.59. The van der Waals surface area contributed by atoms with Crippen molar-refractivity contribution in [1.82, 2.24) is 9.97 Å². The van der Waals surface area contributed by atoms with Gasteiger partial charge in [0.05, 0.1) is 16.6 Å². The van der Waals surface area contributed by atoms with Crippen molar-refractivity contribution in [2.45, 2.75) is 6.61 Å². The molecule has 3 rings (SSSR count). The first kappa shape index (κ1) is 19.3. The van der Waals surface area contributed by atoms with Gasteiger partial charge in [0, 0.05) is 5.56 Å². The van der Waals surface area contributed by atoms with Crippen molar-refractivity contribution < 1.29 is 9.66 Å². The van der Waals surface area contributed by atoms with Gasteiger partial charge >= 0.3 is 16.9 Å². The van der Waals surface area contributed by atoms with Gasteiger partial charge in [0.25, 0.3) is 0 Å². The Balaban J connectivity index is 1.75. The highest BCUT2D eigenvalue weighted by molar-refractivity contribution is 5.71. The number of aromatic amines is 2. The minimum Gasteiger partial charge on any atom is -0.489 e. The molecule has 0 saturated carbocycles. The zero-order valence-electron chi connectivity index (χ0n) is 14.9. The lowest BCUT2D eigenvalue weighted by atomic mass is 10.1. The van der Waals surface area contributed by atoms with Gasteiger partial charge in [-0.05, 0) is 29.8 Å². The van der Waals surface area contributed by atoms with Crippen LogP contribution in [0.2, 0.25) is 0 Å². The van der Waals surface area contributed by atoms with Gasteiger partial charge in [0.1, 0.15) is 18.1 Å². The second-order valence-corrected chi connectivity index (χ2v) is 5.89. The second kappa shape index (κ2) is 8.49. The number of nitriles is 1. The van der Waals surface area contributed by atoms with Crippen LogP contribution in [0.5, 0.6) is 5.75 Å². The van der Waals surface area contributed by atoms with E-state index in [1.54, 1.807) is 36.4 Å². The Morgan fingerprint density at radius 2 is 1.79 bits per heavy atom. The molecule has 9 heteroatoms. The molecule has 29 heavy (non-hydrogen) atoms. The van der Waals surface area contributed by atoms with Crippen molar-refractivity contribution >= 4 is 17.8 Å². The number of hydrogen-bond donors (Lipinski definition) is 2. The largest absolute Gasteiger partial charge is 0.489 e. The van der Waals surface area contributed by atoms with Crippen LogP contribution in [-0.4, -0.2) is 14.9 Å². The summed E-state index contributed by atoms with van der Waals surface area (Å²) in [5.74, 6) is 0.574. The third-order valence-electron chi connectivity index (χ3n) is 3.98. The van der Waals surface area contributed by atoms with Crippen molar-refractivity contribution in [3.05, 3.63) is 102 Å². The Bertz CT molecular complexity index is 1230. The lowest BCUT2D eigenvalue weighted by Gasteiger charge is -2.07. The number of aromatic nitrogens is 2. The van der Waals surface area contributed by atoms with Gasteiger partial charge in [-0.3, -0.25) is 19.9 Å². The van der Waals surface area contributed by atoms with E-state index in [2.05, 4.69) is 11.1 Å². The summed E-state index contributed by atoms with van der Waals surface area (Å²) in [6, 6.07) is 16.0. The average Bonchev–Trinajstić information content (AvgIpc) is 2.70. The van der Waals surface area contributed by atoms with E-state index in [0.29, 0.717) is 16.9 Å². The Hall–Kier alpha value is -4.45. The number of hydrogen-bond acceptors (Lipinski definition) is 6. The summed E-state index contributed by atoms with van der Waals surface area (Å²) in [5, 5.41) is 20.1. The minimum absolute atomic E-state index is 0.197. The highest BCUT2D eigenvalue weighted by Crippen LogP contribution is 2.18. The Labute approximate surface area is 163 Å². The summed E-state index contributed by atoms with van der Waals surface area (Å²) in [7, 11) is 0. The maximum Gasteiger partial charge on any atom is 0.357 e. The molecule has 0 aliphatic heterocycles. The van der Waals surface area contributed by atoms with Crippen molar-refractivity contribution in [2.24, 2.45) is 0 Å². The van der Waals surface area contributed by atoms with Crippen molar-refractivity contribution in [2.75, 3.05) is 0 Å². The Kier molecular flexibility index (Phi) is 5.66. The average molecular weight is 390 g/mol. The molecule has 0 aliphatic carbocycles. The molecular formula is C20H14N4O5. The van der Waals surface area contributed by atoms with Crippen molar-refractivity contribution in [1.29, 1.82) is 5.26 Å². The standard InChI is InChI=1S/C20H14N4O5/c21-11-14-3-1-2-4-15(14)12-29-16-8-5-13(6-9-16)7-10-17-18(24(27)28)19(25)23-20(26)22-17/h1-10H,12H2,(H2,22,23,25,26). The maximum atomic E-state index is 11.6. The first-order valence-corrected chi connectivity index (χ1v) is 8.38. The fraction of sp³-hybridized carbons (Fsp3) is 0.0500. The lowest BCUT2D eigenvalue weighted by molar-refractivity contribution is -0.386. The first-order chi connectivity index (χ1) is 14.0. The highest BCUT2D eigenvalue weighted by atomic mass is 16.6. The SMILES string of the molecule is N#Cc1ccccc1COc1ccc(C=Cc2[nH]c(=O)[nH]c(=O)c2[N+](=O)[O-])cc1. The Morgan fingerprint density at radius 1 is 1.07 bits per heavy atom. The van der Waals surface area contributed by atoms with Crippen LogP contribution in [0.25, 0.3) is 12.2 Å². The molecule has 0 amide bonds. The van der Waals surface area contributed by atoms with Crippen LogP contribution in [0.15, 0.2) is 58.1 Å². The molecule has 0 fully saturated rings. The number of benzene rings is 2. The molecule has 2 aromatic carbocycles. The van der Waals surface area contributed by atoms with Gasteiger partial charge in [-0.15, -0.1) is 0 Å². The third-order valence-corrected chi connectivity index (χ3v) is 3.98. The molecule has 3 aromatic rings. The molecule has 0 aliphatic rings. The van der Waals surface area contributed by atoms with E-state index in [0.717, 1.165) is 5.56 Å². The van der Waals surface area contributed by atoms with E-state index in [-0.39, 0.29) is 12.3 Å². The van der Waals surface area contributed by atoms with Gasteiger partial charge in [-0.25, -0.2) is 4.79 Å². The highest BCUT2D eigenvalue weighted by Gasteiger charge is 2.18. The summed E-state index contributed by atoms with van der Waals surface area (Å²) in [6.07, 6.45) is 2.81. The van der Waals surface area contributed by atoms with Crippen molar-refractivity contribution in [3.63, 3.8) is 0 Å². The van der Waals surface area contributed by atoms with E-state index in [4.69, 9.17) is 10.00 Å². The van der Waals surface area contributed by atoms with Gasteiger partial charge in [-0.2, -0.15) is 5.26 Å². The molecule has 0 spiro atoms. The monoisotopic (exact) mass is 390 g/mol. The van der Waals surface area contributed by atoms with Crippen LogP contribution in [0, 0.1) is 21.4 Å². The van der Waals surface area contributed by atoms with Crippen LogP contribution in [0.1, 0.15) is 22.4 Å². The quantitative estimate of drug-likeness (QED) is 0.489. The van der Waals surface area contributed by atoms with E-state index in [9.17, 15) is 19.7 Å². The lowest BCUT2D eigenvalue weighted by Crippen LogP contribution is -2.25. The molecular weight excluding hydrogens is 376 g/mol. The number of rotatable bonds is 6. The number of nitrogens with zero attached hydrogens (tertiary/aromatic N) is 2. The number of ether oxygens (including phenoxy) is 1. The fourth-order valence-electron chi connectivity index (χ4n) is 2.57. The summed E-state index contributed by atoms with van der Waals surface area (Å²) in [4.78, 5) is 37.2. The van der Waals surface area contributed by atoms with Gasteiger partial charge in [0.15, 0.2) is 0 Å². The molecule has 0 bridgehead atoms. The molecule has 144 valence electrons.